The molecule has 0 bridgehead atoms. The molecule has 0 aliphatic carbocycles. The number of hydrogen-bond donors (Lipinski definition) is 1. The summed E-state index contributed by atoms with van der Waals surface area (Å²) >= 11 is 0. The van der Waals surface area contributed by atoms with Crippen LogP contribution < -0.4 is 5.73 Å². The zero-order chi connectivity index (χ0) is 11.6. The summed E-state index contributed by atoms with van der Waals surface area (Å²) in [6.45, 7) is 5.24. The molecule has 1 aliphatic rings. The first-order valence-electron chi connectivity index (χ1n) is 5.52. The van der Waals surface area contributed by atoms with E-state index in [1.165, 1.54) is 0 Å². The maximum atomic E-state index is 11.4. The van der Waals surface area contributed by atoms with E-state index in [1.807, 2.05) is 7.05 Å². The summed E-state index contributed by atoms with van der Waals surface area (Å²) in [4.78, 5) is 2.10. The molecule has 0 radical (unpaired) electrons. The van der Waals surface area contributed by atoms with Crippen molar-refractivity contribution in [3.05, 3.63) is 0 Å². The van der Waals surface area contributed by atoms with Crippen LogP contribution >= 0.6 is 0 Å². The smallest absolute Gasteiger partial charge is 0.153 e. The van der Waals surface area contributed by atoms with Gasteiger partial charge in [0.1, 0.15) is 0 Å². The van der Waals surface area contributed by atoms with Crippen LogP contribution in [0.1, 0.15) is 20.3 Å². The fraction of sp³-hybridized carbons (Fsp3) is 1.00. The highest BCUT2D eigenvalue weighted by atomic mass is 32.2. The third-order valence-electron chi connectivity index (χ3n) is 3.23. The monoisotopic (exact) mass is 234 g/mol. The van der Waals surface area contributed by atoms with Crippen LogP contribution in [0.4, 0.5) is 0 Å². The minimum absolute atomic E-state index is 0.00370. The first kappa shape index (κ1) is 12.9. The van der Waals surface area contributed by atoms with Crippen molar-refractivity contribution in [3.63, 3.8) is 0 Å². The van der Waals surface area contributed by atoms with Crippen LogP contribution in [0.3, 0.4) is 0 Å². The van der Waals surface area contributed by atoms with Gasteiger partial charge in [-0.3, -0.25) is 0 Å². The normalized spacial score (nSPS) is 32.1. The van der Waals surface area contributed by atoms with Gasteiger partial charge in [0.15, 0.2) is 9.84 Å². The van der Waals surface area contributed by atoms with E-state index in [-0.39, 0.29) is 23.6 Å². The summed E-state index contributed by atoms with van der Waals surface area (Å²) in [5, 5.41) is 0. The van der Waals surface area contributed by atoms with Gasteiger partial charge in [0, 0.05) is 18.6 Å². The highest BCUT2D eigenvalue weighted by Crippen LogP contribution is 2.17. The Morgan fingerprint density at radius 3 is 2.47 bits per heavy atom. The van der Waals surface area contributed by atoms with Crippen molar-refractivity contribution < 1.29 is 8.42 Å². The predicted molar refractivity (Wildman–Crippen MR) is 62.5 cm³/mol. The Morgan fingerprint density at radius 2 is 2.07 bits per heavy atom. The number of likely N-dealkylation sites (N-methyl/N-ethyl adjacent to an activating group) is 1. The van der Waals surface area contributed by atoms with Crippen LogP contribution in [0.2, 0.25) is 0 Å². The van der Waals surface area contributed by atoms with Gasteiger partial charge < -0.3 is 10.6 Å². The van der Waals surface area contributed by atoms with Gasteiger partial charge in [0.2, 0.25) is 0 Å². The van der Waals surface area contributed by atoms with Crippen molar-refractivity contribution in [2.75, 3.05) is 25.1 Å². The molecule has 3 unspecified atom stereocenters. The Morgan fingerprint density at radius 1 is 1.47 bits per heavy atom. The fourth-order valence-corrected chi connectivity index (χ4v) is 4.03. The molecule has 2 N–H and O–H groups in total. The molecule has 1 saturated heterocycles. The molecular weight excluding hydrogens is 212 g/mol. The van der Waals surface area contributed by atoms with Crippen LogP contribution in [-0.4, -0.2) is 50.5 Å². The quantitative estimate of drug-likeness (QED) is 0.749. The molecule has 90 valence electrons. The maximum absolute atomic E-state index is 11.4. The second kappa shape index (κ2) is 4.80. The lowest BCUT2D eigenvalue weighted by Crippen LogP contribution is -2.46. The Bertz CT molecular complexity index is 303. The van der Waals surface area contributed by atoms with E-state index in [9.17, 15) is 8.42 Å². The molecule has 1 aliphatic heterocycles. The molecule has 1 heterocycles. The molecule has 4 nitrogen and oxygen atoms in total. The average molecular weight is 234 g/mol. The molecule has 0 aromatic rings. The largest absolute Gasteiger partial charge is 0.325 e. The van der Waals surface area contributed by atoms with Gasteiger partial charge in [0.05, 0.1) is 11.5 Å². The van der Waals surface area contributed by atoms with Gasteiger partial charge in [-0.15, -0.1) is 0 Å². The Hall–Kier alpha value is -0.130. The summed E-state index contributed by atoms with van der Waals surface area (Å²) in [6.07, 6.45) is 1.11. The second-order valence-electron chi connectivity index (χ2n) is 4.76. The zero-order valence-electron chi connectivity index (χ0n) is 9.81. The SMILES string of the molecule is CCC(C)CN(C)C1CS(=O)(=O)CC1N. The zero-order valence-corrected chi connectivity index (χ0v) is 10.6. The molecule has 0 amide bonds. The van der Waals surface area contributed by atoms with Crippen molar-refractivity contribution in [2.45, 2.75) is 32.4 Å². The molecule has 1 rings (SSSR count). The summed E-state index contributed by atoms with van der Waals surface area (Å²) < 4.78 is 22.8. The lowest BCUT2D eigenvalue weighted by Gasteiger charge is -2.28. The summed E-state index contributed by atoms with van der Waals surface area (Å²) in [7, 11) is -0.929. The number of sulfone groups is 1. The van der Waals surface area contributed by atoms with Crippen LogP contribution in [0.15, 0.2) is 0 Å². The molecule has 1 fully saturated rings. The van der Waals surface area contributed by atoms with Crippen molar-refractivity contribution in [1.82, 2.24) is 4.90 Å². The summed E-state index contributed by atoms with van der Waals surface area (Å²) in [6, 6.07) is -0.215. The molecular formula is C10H22N2O2S. The van der Waals surface area contributed by atoms with Gasteiger partial charge in [-0.2, -0.15) is 0 Å². The van der Waals surface area contributed by atoms with E-state index < -0.39 is 9.84 Å². The van der Waals surface area contributed by atoms with Crippen molar-refractivity contribution in [2.24, 2.45) is 11.7 Å². The van der Waals surface area contributed by atoms with E-state index in [4.69, 9.17) is 5.73 Å². The fourth-order valence-electron chi connectivity index (χ4n) is 2.07. The number of nitrogens with two attached hydrogens (primary N) is 1. The standard InChI is InChI=1S/C10H22N2O2S/c1-4-8(2)5-12(3)10-7-15(13,14)6-9(10)11/h8-10H,4-7,11H2,1-3H3. The van der Waals surface area contributed by atoms with Crippen molar-refractivity contribution in [3.8, 4) is 0 Å². The van der Waals surface area contributed by atoms with Crippen LogP contribution in [0, 0.1) is 5.92 Å². The third-order valence-corrected chi connectivity index (χ3v) is 4.97. The molecule has 15 heavy (non-hydrogen) atoms. The van der Waals surface area contributed by atoms with Gasteiger partial charge >= 0.3 is 0 Å². The van der Waals surface area contributed by atoms with Gasteiger partial charge in [0.25, 0.3) is 0 Å². The predicted octanol–water partition coefficient (Wildman–Crippen LogP) is 0.0886. The van der Waals surface area contributed by atoms with Gasteiger partial charge in [-0.1, -0.05) is 20.3 Å². The van der Waals surface area contributed by atoms with Crippen LogP contribution in [0.5, 0.6) is 0 Å². The topological polar surface area (TPSA) is 63.4 Å². The highest BCUT2D eigenvalue weighted by Gasteiger charge is 2.37. The molecule has 0 aromatic heterocycles. The minimum atomic E-state index is -2.90. The molecule has 0 spiro atoms. The molecule has 0 saturated carbocycles. The van der Waals surface area contributed by atoms with Crippen LogP contribution in [0.25, 0.3) is 0 Å². The lowest BCUT2D eigenvalue weighted by molar-refractivity contribution is 0.211. The van der Waals surface area contributed by atoms with Gasteiger partial charge in [-0.05, 0) is 13.0 Å². The maximum Gasteiger partial charge on any atom is 0.153 e. The minimum Gasteiger partial charge on any atom is -0.325 e. The first-order chi connectivity index (χ1) is 6.85. The molecule has 3 atom stereocenters. The average Bonchev–Trinajstić information content (AvgIpc) is 2.39. The van der Waals surface area contributed by atoms with E-state index in [0.717, 1.165) is 13.0 Å². The Labute approximate surface area is 92.7 Å². The third kappa shape index (κ3) is 3.43. The first-order valence-corrected chi connectivity index (χ1v) is 7.34. The van der Waals surface area contributed by atoms with Crippen molar-refractivity contribution >= 4 is 9.84 Å². The molecule has 5 heteroatoms. The van der Waals surface area contributed by atoms with E-state index >= 15 is 0 Å². The lowest BCUT2D eigenvalue weighted by atomic mass is 10.1. The highest BCUT2D eigenvalue weighted by molar-refractivity contribution is 7.91. The molecule has 0 aromatic carbocycles. The van der Waals surface area contributed by atoms with Crippen molar-refractivity contribution in [1.29, 1.82) is 0 Å². The van der Waals surface area contributed by atoms with Crippen LogP contribution in [-0.2, 0) is 9.84 Å². The number of rotatable bonds is 4. The Balaban J connectivity index is 2.57. The van der Waals surface area contributed by atoms with E-state index in [2.05, 4.69) is 18.7 Å². The summed E-state index contributed by atoms with van der Waals surface area (Å²) in [5.74, 6) is 0.953. The van der Waals surface area contributed by atoms with E-state index in [1.54, 1.807) is 0 Å². The van der Waals surface area contributed by atoms with E-state index in [0.29, 0.717) is 5.92 Å². The second-order valence-corrected chi connectivity index (χ2v) is 6.91. The summed E-state index contributed by atoms with van der Waals surface area (Å²) in [5.41, 5.74) is 5.85. The van der Waals surface area contributed by atoms with Gasteiger partial charge in [-0.25, -0.2) is 8.42 Å². The Kier molecular flexibility index (Phi) is 4.14. The number of nitrogens with zero attached hydrogens (tertiary/aromatic N) is 1. The number of hydrogen-bond acceptors (Lipinski definition) is 4.